The Hall–Kier alpha value is -3.76. The number of phosphoric acid groups is 2. The average Bonchev–Trinajstić information content (AvgIpc) is 1.21. The fourth-order valence-electron chi connectivity index (χ4n) is 11.1. The second-order valence-corrected chi connectivity index (χ2v) is 30.2. The molecule has 0 aromatic rings. The zero-order valence-electron chi connectivity index (χ0n) is 64.8. The van der Waals surface area contributed by atoms with Crippen LogP contribution in [0.2, 0.25) is 0 Å². The van der Waals surface area contributed by atoms with Gasteiger partial charge in [0.05, 0.1) is 26.4 Å². The Morgan fingerprint density at radius 1 is 0.284 bits per heavy atom. The maximum absolute atomic E-state index is 13.1. The van der Waals surface area contributed by atoms with E-state index in [1.807, 2.05) is 0 Å². The first-order chi connectivity index (χ1) is 49.7. The first kappa shape index (κ1) is 98.2. The normalized spacial score (nSPS) is 14.3. The standard InChI is InChI=1S/C83H148O17P2/c1-5-9-13-17-21-25-29-33-36-37-38-39-42-46-50-54-58-62-66-70-83(88)100-79(74-94-81(86)68-64-60-56-52-48-44-40-34-30-26-22-18-14-10-6-2)76-98-102(91,92)96-72-77(84)71-95-101(89,90)97-75-78(73-93-80(85)67-63-59-55-51-47-43-32-28-24-20-16-12-8-4)99-82(87)69-65-61-57-53-49-45-41-35-31-27-23-19-15-11-7-3/h9,13,21,25,33-36,38-41,46,50,77-79,84H,5-8,10-12,14-20,22-24,26-32,37,42-45,47-49,51-76H2,1-4H3,(H,89,90)(H,91,92)/b13-9-,25-21-,36-33-,39-38-,40-34-,41-35-,50-46-/t77-,78+,79+/m0/s1. The highest BCUT2D eigenvalue weighted by molar-refractivity contribution is 7.47. The molecular formula is C83H148O17P2. The van der Waals surface area contributed by atoms with Crippen molar-refractivity contribution in [3.63, 3.8) is 0 Å². The van der Waals surface area contributed by atoms with Gasteiger partial charge in [-0.2, -0.15) is 0 Å². The summed E-state index contributed by atoms with van der Waals surface area (Å²) in [6, 6.07) is 0. The second-order valence-electron chi connectivity index (χ2n) is 27.3. The monoisotopic (exact) mass is 1480 g/mol. The molecule has 0 fully saturated rings. The first-order valence-corrected chi connectivity index (χ1v) is 43.8. The number of aliphatic hydroxyl groups is 1. The Balaban J connectivity index is 5.38. The summed E-state index contributed by atoms with van der Waals surface area (Å²) >= 11 is 0. The lowest BCUT2D eigenvalue weighted by Crippen LogP contribution is -2.30. The summed E-state index contributed by atoms with van der Waals surface area (Å²) in [5.74, 6) is -2.20. The van der Waals surface area contributed by atoms with E-state index in [1.165, 1.54) is 135 Å². The van der Waals surface area contributed by atoms with Crippen LogP contribution >= 0.6 is 15.6 Å². The van der Waals surface area contributed by atoms with Gasteiger partial charge >= 0.3 is 39.5 Å². The quantitative estimate of drug-likeness (QED) is 0.0169. The molecule has 0 saturated heterocycles. The Labute approximate surface area is 621 Å². The van der Waals surface area contributed by atoms with Crippen LogP contribution in [0.15, 0.2) is 85.1 Å². The Morgan fingerprint density at radius 2 is 0.510 bits per heavy atom. The molecule has 0 radical (unpaired) electrons. The molecule has 5 atom stereocenters. The molecule has 0 spiro atoms. The Bertz CT molecular complexity index is 2260. The van der Waals surface area contributed by atoms with E-state index in [4.69, 9.17) is 37.0 Å². The van der Waals surface area contributed by atoms with Crippen LogP contribution in [0.1, 0.15) is 362 Å². The summed E-state index contributed by atoms with van der Waals surface area (Å²) in [6.07, 6.45) is 78.4. The molecule has 19 heteroatoms. The predicted octanol–water partition coefficient (Wildman–Crippen LogP) is 23.8. The topological polar surface area (TPSA) is 237 Å². The first-order valence-electron chi connectivity index (χ1n) is 40.8. The van der Waals surface area contributed by atoms with E-state index in [-0.39, 0.29) is 25.7 Å². The van der Waals surface area contributed by atoms with Gasteiger partial charge in [0.2, 0.25) is 0 Å². The SMILES string of the molecule is CC/C=C\C/C=C\C/C=C\C/C=C\C/C=C\CCCCCC(=O)O[C@H](COC(=O)CCCCCCC/C=C\CCCCCCCC)COP(=O)(O)OC[C@@H](O)COP(=O)(O)OC[C@@H](COC(=O)CCCCCCCCCCCCCCC)OC(=O)CCCCCCC/C=C\CCCCCCCC. The van der Waals surface area contributed by atoms with Crippen molar-refractivity contribution in [2.45, 2.75) is 380 Å². The van der Waals surface area contributed by atoms with Gasteiger partial charge in [0.15, 0.2) is 12.2 Å². The van der Waals surface area contributed by atoms with Gasteiger partial charge < -0.3 is 33.8 Å². The molecule has 0 rings (SSSR count). The fraction of sp³-hybridized carbons (Fsp3) is 0.783. The number of ether oxygens (including phenoxy) is 4. The highest BCUT2D eigenvalue weighted by Crippen LogP contribution is 2.45. The molecule has 0 aromatic carbocycles. The smallest absolute Gasteiger partial charge is 0.462 e. The highest BCUT2D eigenvalue weighted by Gasteiger charge is 2.30. The molecule has 0 saturated carbocycles. The number of aliphatic hydroxyl groups excluding tert-OH is 1. The summed E-state index contributed by atoms with van der Waals surface area (Å²) < 4.78 is 68.6. The fourth-order valence-corrected chi connectivity index (χ4v) is 12.7. The van der Waals surface area contributed by atoms with Crippen molar-refractivity contribution < 1.29 is 80.2 Å². The summed E-state index contributed by atoms with van der Waals surface area (Å²) in [5.41, 5.74) is 0. The zero-order valence-corrected chi connectivity index (χ0v) is 66.6. The van der Waals surface area contributed by atoms with Gasteiger partial charge in [0, 0.05) is 25.7 Å². The molecule has 0 heterocycles. The molecule has 0 aliphatic heterocycles. The van der Waals surface area contributed by atoms with Gasteiger partial charge in [-0.15, -0.1) is 0 Å². The molecule has 0 amide bonds. The number of esters is 4. The summed E-state index contributed by atoms with van der Waals surface area (Å²) in [7, 11) is -9.96. The molecular weight excluding hydrogens is 1330 g/mol. The van der Waals surface area contributed by atoms with Gasteiger partial charge in [0.25, 0.3) is 0 Å². The number of phosphoric ester groups is 2. The maximum atomic E-state index is 13.1. The minimum absolute atomic E-state index is 0.0555. The van der Waals surface area contributed by atoms with E-state index >= 15 is 0 Å². The van der Waals surface area contributed by atoms with Gasteiger partial charge in [-0.05, 0) is 122 Å². The van der Waals surface area contributed by atoms with Crippen molar-refractivity contribution in [1.82, 2.24) is 0 Å². The second kappa shape index (κ2) is 75.5. The lowest BCUT2D eigenvalue weighted by atomic mass is 10.0. The number of hydrogen-bond donors (Lipinski definition) is 3. The van der Waals surface area contributed by atoms with Crippen LogP contribution in [-0.4, -0.2) is 96.7 Å². The van der Waals surface area contributed by atoms with Crippen LogP contribution in [0.4, 0.5) is 0 Å². The lowest BCUT2D eigenvalue weighted by molar-refractivity contribution is -0.161. The van der Waals surface area contributed by atoms with Crippen LogP contribution in [-0.2, 0) is 65.4 Å². The third kappa shape index (κ3) is 74.5. The van der Waals surface area contributed by atoms with Gasteiger partial charge in [-0.3, -0.25) is 37.3 Å². The van der Waals surface area contributed by atoms with Crippen molar-refractivity contribution in [2.24, 2.45) is 0 Å². The predicted molar refractivity (Wildman–Crippen MR) is 418 cm³/mol. The van der Waals surface area contributed by atoms with E-state index in [0.717, 1.165) is 148 Å². The number of carbonyl (C=O) groups is 4. The van der Waals surface area contributed by atoms with Crippen LogP contribution in [0.5, 0.6) is 0 Å². The highest BCUT2D eigenvalue weighted by atomic mass is 31.2. The van der Waals surface area contributed by atoms with Crippen molar-refractivity contribution >= 4 is 39.5 Å². The summed E-state index contributed by atoms with van der Waals surface area (Å²) in [6.45, 7) is 4.75. The molecule has 3 N–H and O–H groups in total. The maximum Gasteiger partial charge on any atom is 0.472 e. The molecule has 17 nitrogen and oxygen atoms in total. The molecule has 0 aliphatic rings. The number of unbranched alkanes of at least 4 members (excludes halogenated alkanes) is 37. The minimum atomic E-state index is -4.99. The van der Waals surface area contributed by atoms with Crippen LogP contribution in [0, 0.1) is 0 Å². The van der Waals surface area contributed by atoms with Crippen molar-refractivity contribution in [2.75, 3.05) is 39.6 Å². The lowest BCUT2D eigenvalue weighted by Gasteiger charge is -2.21. The number of carbonyl (C=O) groups excluding carboxylic acids is 4. The Morgan fingerprint density at radius 3 is 0.804 bits per heavy atom. The van der Waals surface area contributed by atoms with Gasteiger partial charge in [-0.25, -0.2) is 9.13 Å². The summed E-state index contributed by atoms with van der Waals surface area (Å²) in [4.78, 5) is 73.0. The van der Waals surface area contributed by atoms with Crippen LogP contribution in [0.3, 0.4) is 0 Å². The van der Waals surface area contributed by atoms with Crippen molar-refractivity contribution in [3.05, 3.63) is 85.1 Å². The molecule has 2 unspecified atom stereocenters. The summed E-state index contributed by atoms with van der Waals surface area (Å²) in [5, 5.41) is 10.6. The number of rotatable bonds is 77. The van der Waals surface area contributed by atoms with Crippen molar-refractivity contribution in [3.8, 4) is 0 Å². The van der Waals surface area contributed by atoms with E-state index in [9.17, 15) is 43.2 Å². The average molecular weight is 1480 g/mol. The number of hydrogen-bond acceptors (Lipinski definition) is 15. The van der Waals surface area contributed by atoms with E-state index in [0.29, 0.717) is 25.7 Å². The number of allylic oxidation sites excluding steroid dienone is 14. The third-order valence-electron chi connectivity index (χ3n) is 17.3. The molecule has 0 aliphatic carbocycles. The van der Waals surface area contributed by atoms with E-state index in [1.54, 1.807) is 0 Å². The largest absolute Gasteiger partial charge is 0.472 e. The van der Waals surface area contributed by atoms with Gasteiger partial charge in [0.1, 0.15) is 19.3 Å². The molecule has 0 aromatic heterocycles. The zero-order chi connectivity index (χ0) is 74.6. The van der Waals surface area contributed by atoms with E-state index < -0.39 is 97.5 Å². The third-order valence-corrected chi connectivity index (χ3v) is 19.2. The molecule has 0 bridgehead atoms. The molecule has 102 heavy (non-hydrogen) atoms. The van der Waals surface area contributed by atoms with Crippen LogP contribution in [0.25, 0.3) is 0 Å². The minimum Gasteiger partial charge on any atom is -0.462 e. The van der Waals surface area contributed by atoms with Crippen LogP contribution < -0.4 is 0 Å². The van der Waals surface area contributed by atoms with E-state index in [2.05, 4.69) is 113 Å². The molecule has 592 valence electrons. The Kier molecular flexibility index (Phi) is 72.7. The van der Waals surface area contributed by atoms with Crippen molar-refractivity contribution in [1.29, 1.82) is 0 Å². The van der Waals surface area contributed by atoms with Gasteiger partial charge in [-0.1, -0.05) is 299 Å².